The number of halogens is 1. The van der Waals surface area contributed by atoms with E-state index in [0.29, 0.717) is 18.0 Å². The molecule has 1 atom stereocenters. The van der Waals surface area contributed by atoms with E-state index in [1.165, 1.54) is 24.8 Å². The third kappa shape index (κ3) is 2.99. The van der Waals surface area contributed by atoms with Crippen LogP contribution in [0.25, 0.3) is 0 Å². The fourth-order valence-electron chi connectivity index (χ4n) is 2.88. The van der Waals surface area contributed by atoms with Gasteiger partial charge in [-0.3, -0.25) is 4.79 Å². The summed E-state index contributed by atoms with van der Waals surface area (Å²) >= 11 is 0. The number of nitrogens with one attached hydrogen (secondary N) is 1. The van der Waals surface area contributed by atoms with Gasteiger partial charge in [-0.05, 0) is 37.1 Å². The van der Waals surface area contributed by atoms with E-state index in [-0.39, 0.29) is 11.7 Å². The van der Waals surface area contributed by atoms with E-state index in [4.69, 9.17) is 4.74 Å². The van der Waals surface area contributed by atoms with E-state index in [1.54, 1.807) is 17.9 Å². The van der Waals surface area contributed by atoms with Crippen LogP contribution < -0.4 is 15.0 Å². The zero-order valence-electron chi connectivity index (χ0n) is 13.2. The second-order valence-electron chi connectivity index (χ2n) is 5.58. The van der Waals surface area contributed by atoms with Crippen molar-refractivity contribution in [3.8, 4) is 5.75 Å². The number of carbonyl (C=O) groups is 1. The van der Waals surface area contributed by atoms with Crippen molar-refractivity contribution < 1.29 is 13.9 Å². The maximum absolute atomic E-state index is 13.3. The second kappa shape index (κ2) is 6.28. The first-order valence-electron chi connectivity index (χ1n) is 7.59. The topological polar surface area (TPSA) is 41.6 Å². The molecule has 0 fully saturated rings. The second-order valence-corrected chi connectivity index (χ2v) is 5.58. The Morgan fingerprint density at radius 2 is 2.09 bits per heavy atom. The minimum absolute atomic E-state index is 0.0127. The van der Waals surface area contributed by atoms with E-state index in [0.717, 1.165) is 12.1 Å². The number of anilines is 2. The van der Waals surface area contributed by atoms with Crippen LogP contribution >= 0.6 is 0 Å². The summed E-state index contributed by atoms with van der Waals surface area (Å²) in [5.74, 6) is -0.00681. The van der Waals surface area contributed by atoms with E-state index in [1.807, 2.05) is 24.3 Å². The summed E-state index contributed by atoms with van der Waals surface area (Å²) in [7, 11) is 1.48. The summed E-state index contributed by atoms with van der Waals surface area (Å²) in [6, 6.07) is 11.7. The number of fused-ring (bicyclic) bond motifs is 1. The van der Waals surface area contributed by atoms with E-state index < -0.39 is 6.04 Å². The molecule has 0 saturated carbocycles. The molecule has 2 aromatic carbocycles. The summed E-state index contributed by atoms with van der Waals surface area (Å²) in [6.07, 6.45) is 0.870. The van der Waals surface area contributed by atoms with Gasteiger partial charge in [0.2, 0.25) is 5.91 Å². The van der Waals surface area contributed by atoms with Gasteiger partial charge in [0.1, 0.15) is 17.6 Å². The van der Waals surface area contributed by atoms with Crippen LogP contribution in [0.15, 0.2) is 42.5 Å². The molecule has 0 radical (unpaired) electrons. The molecule has 3 rings (SSSR count). The smallest absolute Gasteiger partial charge is 0.249 e. The maximum Gasteiger partial charge on any atom is 0.249 e. The number of methoxy groups -OCH3 is 1. The predicted octanol–water partition coefficient (Wildman–Crippen LogP) is 3.22. The number of carbonyl (C=O) groups excluding carboxylic acids is 1. The molecule has 4 nitrogen and oxygen atoms in total. The highest BCUT2D eigenvalue weighted by Gasteiger charge is 2.28. The molecular weight excluding hydrogens is 295 g/mol. The molecule has 120 valence electrons. The minimum atomic E-state index is -0.444. The quantitative estimate of drug-likeness (QED) is 0.942. The van der Waals surface area contributed by atoms with Gasteiger partial charge >= 0.3 is 0 Å². The minimum Gasteiger partial charge on any atom is -0.494 e. The highest BCUT2D eigenvalue weighted by molar-refractivity contribution is 6.00. The van der Waals surface area contributed by atoms with Crippen molar-refractivity contribution in [1.82, 2.24) is 0 Å². The lowest BCUT2D eigenvalue weighted by molar-refractivity contribution is -0.118. The van der Waals surface area contributed by atoms with Crippen molar-refractivity contribution in [2.75, 3.05) is 23.9 Å². The van der Waals surface area contributed by atoms with Gasteiger partial charge in [-0.15, -0.1) is 0 Å². The molecule has 2 aromatic rings. The van der Waals surface area contributed by atoms with Crippen molar-refractivity contribution in [3.63, 3.8) is 0 Å². The van der Waals surface area contributed by atoms with Crippen molar-refractivity contribution >= 4 is 17.3 Å². The lowest BCUT2D eigenvalue weighted by atomic mass is 10.2. The third-order valence-corrected chi connectivity index (χ3v) is 4.06. The molecule has 0 aliphatic carbocycles. The number of nitrogens with zero attached hydrogens (tertiary/aromatic N) is 1. The summed E-state index contributed by atoms with van der Waals surface area (Å²) in [4.78, 5) is 14.5. The van der Waals surface area contributed by atoms with Crippen LogP contribution in [0.4, 0.5) is 15.8 Å². The van der Waals surface area contributed by atoms with Gasteiger partial charge in [0.25, 0.3) is 0 Å². The molecule has 1 amide bonds. The van der Waals surface area contributed by atoms with E-state index >= 15 is 0 Å². The number of benzene rings is 2. The number of rotatable bonds is 4. The molecule has 23 heavy (non-hydrogen) atoms. The van der Waals surface area contributed by atoms with Gasteiger partial charge in [0.15, 0.2) is 0 Å². The fourth-order valence-corrected chi connectivity index (χ4v) is 2.88. The van der Waals surface area contributed by atoms with Crippen LogP contribution in [-0.4, -0.2) is 25.6 Å². The Hall–Kier alpha value is -2.56. The van der Waals surface area contributed by atoms with Crippen LogP contribution in [0.3, 0.4) is 0 Å². The first-order valence-corrected chi connectivity index (χ1v) is 7.59. The largest absolute Gasteiger partial charge is 0.494 e. The van der Waals surface area contributed by atoms with Crippen LogP contribution in [-0.2, 0) is 11.2 Å². The Morgan fingerprint density at radius 3 is 2.87 bits per heavy atom. The van der Waals surface area contributed by atoms with Crippen molar-refractivity contribution in [1.29, 1.82) is 0 Å². The van der Waals surface area contributed by atoms with E-state index in [9.17, 15) is 9.18 Å². The molecule has 1 unspecified atom stereocenters. The summed E-state index contributed by atoms with van der Waals surface area (Å²) in [5, 5.41) is 3.11. The SMILES string of the molecule is COc1cc(F)ccc1NC(C)C(=O)N1CCc2ccccc21. The zero-order chi connectivity index (χ0) is 16.4. The van der Waals surface area contributed by atoms with Crippen molar-refractivity contribution in [2.24, 2.45) is 0 Å². The first-order chi connectivity index (χ1) is 11.1. The molecule has 1 aliphatic heterocycles. The Bertz CT molecular complexity index is 733. The Balaban J connectivity index is 1.77. The number of ether oxygens (including phenoxy) is 1. The van der Waals surface area contributed by atoms with Crippen LogP contribution in [0, 0.1) is 5.82 Å². The lowest BCUT2D eigenvalue weighted by Crippen LogP contribution is -2.40. The van der Waals surface area contributed by atoms with Crippen LogP contribution in [0.1, 0.15) is 12.5 Å². The van der Waals surface area contributed by atoms with E-state index in [2.05, 4.69) is 5.32 Å². The summed E-state index contributed by atoms with van der Waals surface area (Å²) in [6.45, 7) is 2.48. The van der Waals surface area contributed by atoms with Crippen LogP contribution in [0.2, 0.25) is 0 Å². The third-order valence-electron chi connectivity index (χ3n) is 4.06. The highest BCUT2D eigenvalue weighted by Crippen LogP contribution is 2.29. The van der Waals surface area contributed by atoms with Crippen LogP contribution in [0.5, 0.6) is 5.75 Å². The fraction of sp³-hybridized carbons (Fsp3) is 0.278. The Morgan fingerprint density at radius 1 is 1.30 bits per heavy atom. The molecule has 1 aliphatic rings. The molecular formula is C18H19FN2O2. The number of amides is 1. The monoisotopic (exact) mass is 314 g/mol. The normalized spacial score (nSPS) is 14.3. The summed E-state index contributed by atoms with van der Waals surface area (Å²) < 4.78 is 18.4. The Kier molecular flexibility index (Phi) is 4.19. The molecule has 0 spiro atoms. The number of para-hydroxylation sites is 1. The van der Waals surface area contributed by atoms with Gasteiger partial charge in [0, 0.05) is 18.3 Å². The summed E-state index contributed by atoms with van der Waals surface area (Å²) in [5.41, 5.74) is 2.76. The van der Waals surface area contributed by atoms with Crippen molar-refractivity contribution in [3.05, 3.63) is 53.8 Å². The van der Waals surface area contributed by atoms with Gasteiger partial charge in [-0.1, -0.05) is 18.2 Å². The average Bonchev–Trinajstić information content (AvgIpc) is 2.99. The lowest BCUT2D eigenvalue weighted by Gasteiger charge is -2.23. The standard InChI is InChI=1S/C18H19FN2O2/c1-12(20-15-8-7-14(19)11-17(15)23-2)18(22)21-10-9-13-5-3-4-6-16(13)21/h3-8,11-12,20H,9-10H2,1-2H3. The average molecular weight is 314 g/mol. The molecule has 0 saturated heterocycles. The molecule has 0 bridgehead atoms. The number of hydrogen-bond donors (Lipinski definition) is 1. The molecule has 1 heterocycles. The highest BCUT2D eigenvalue weighted by atomic mass is 19.1. The molecule has 5 heteroatoms. The first kappa shape index (κ1) is 15.3. The predicted molar refractivity (Wildman–Crippen MR) is 88.5 cm³/mol. The molecule has 0 aromatic heterocycles. The zero-order valence-corrected chi connectivity index (χ0v) is 13.2. The van der Waals surface area contributed by atoms with Crippen molar-refractivity contribution in [2.45, 2.75) is 19.4 Å². The van der Waals surface area contributed by atoms with Gasteiger partial charge in [-0.2, -0.15) is 0 Å². The maximum atomic E-state index is 13.3. The van der Waals surface area contributed by atoms with Gasteiger partial charge in [-0.25, -0.2) is 4.39 Å². The Labute approximate surface area is 134 Å². The molecule has 1 N–H and O–H groups in total. The number of hydrogen-bond acceptors (Lipinski definition) is 3. The van der Waals surface area contributed by atoms with Gasteiger partial charge in [0.05, 0.1) is 12.8 Å². The van der Waals surface area contributed by atoms with Gasteiger partial charge < -0.3 is 15.0 Å².